The molecule has 1 aliphatic rings. The summed E-state index contributed by atoms with van der Waals surface area (Å²) in [6.07, 6.45) is 1.35. The van der Waals surface area contributed by atoms with Crippen LogP contribution in [-0.4, -0.2) is 24.6 Å². The van der Waals surface area contributed by atoms with Crippen LogP contribution in [0.1, 0.15) is 21.7 Å². The van der Waals surface area contributed by atoms with Crippen molar-refractivity contribution in [1.82, 2.24) is 5.32 Å². The van der Waals surface area contributed by atoms with E-state index in [-0.39, 0.29) is 1.43 Å². The zero-order chi connectivity index (χ0) is 6.95. The topological polar surface area (TPSA) is 12.0 Å². The summed E-state index contributed by atoms with van der Waals surface area (Å²) in [6, 6.07) is 0. The predicted molar refractivity (Wildman–Crippen MR) is 48.3 cm³/mol. The van der Waals surface area contributed by atoms with Gasteiger partial charge in [-0.1, -0.05) is 13.8 Å². The Morgan fingerprint density at radius 2 is 2.00 bits per heavy atom. The summed E-state index contributed by atoms with van der Waals surface area (Å²) >= 11 is 2.05. The van der Waals surface area contributed by atoms with Crippen LogP contribution >= 0.6 is 11.8 Å². The van der Waals surface area contributed by atoms with Crippen LogP contribution in [0, 0.1) is 0 Å². The fraction of sp³-hybridized carbons (Fsp3) is 1.00. The molecule has 0 spiro atoms. The molecule has 0 aromatic carbocycles. The Kier molecular flexibility index (Phi) is 8.60. The second kappa shape index (κ2) is 8.31. The van der Waals surface area contributed by atoms with E-state index in [1.807, 2.05) is 13.8 Å². The van der Waals surface area contributed by atoms with Gasteiger partial charge in [0, 0.05) is 13.7 Å². The minimum absolute atomic E-state index is 0. The van der Waals surface area contributed by atoms with Crippen molar-refractivity contribution < 1.29 is 1.43 Å². The van der Waals surface area contributed by atoms with Gasteiger partial charge in [-0.15, -0.1) is 0 Å². The molecule has 1 saturated heterocycles. The molecule has 0 aromatic heterocycles. The molecular formula is C7H19NS. The molecule has 1 fully saturated rings. The highest BCUT2D eigenvalue weighted by atomic mass is 32.2. The second-order valence-corrected chi connectivity index (χ2v) is 2.94. The quantitative estimate of drug-likeness (QED) is 0.565. The minimum Gasteiger partial charge on any atom is -0.316 e. The first kappa shape index (κ1) is 9.31. The first-order valence-electron chi connectivity index (χ1n) is 3.78. The molecule has 0 saturated carbocycles. The highest BCUT2D eigenvalue weighted by molar-refractivity contribution is 7.99. The maximum atomic E-state index is 3.33. The third kappa shape index (κ3) is 6.19. The summed E-state index contributed by atoms with van der Waals surface area (Å²) in [5.74, 6) is 2.66. The molecule has 58 valence electrons. The van der Waals surface area contributed by atoms with Crippen LogP contribution in [0.4, 0.5) is 0 Å². The lowest BCUT2D eigenvalue weighted by Gasteiger charge is -1.91. The van der Waals surface area contributed by atoms with Gasteiger partial charge in [0.1, 0.15) is 0 Å². The van der Waals surface area contributed by atoms with Crippen molar-refractivity contribution >= 4 is 11.8 Å². The molecule has 9 heavy (non-hydrogen) atoms. The Morgan fingerprint density at radius 3 is 2.78 bits per heavy atom. The Balaban J connectivity index is 0. The average Bonchev–Trinajstić information content (AvgIpc) is 2.21. The Morgan fingerprint density at radius 1 is 1.22 bits per heavy atom. The van der Waals surface area contributed by atoms with Gasteiger partial charge in [0.2, 0.25) is 0 Å². The molecule has 0 unspecified atom stereocenters. The van der Waals surface area contributed by atoms with Crippen LogP contribution in [-0.2, 0) is 0 Å². The van der Waals surface area contributed by atoms with Crippen molar-refractivity contribution in [2.45, 2.75) is 20.3 Å². The molecule has 0 bridgehead atoms. The zero-order valence-corrected chi connectivity index (χ0v) is 7.26. The molecule has 0 radical (unpaired) electrons. The summed E-state index contributed by atoms with van der Waals surface area (Å²) in [5, 5.41) is 3.33. The van der Waals surface area contributed by atoms with E-state index in [1.165, 1.54) is 31.0 Å². The molecular weight excluding hydrogens is 130 g/mol. The fourth-order valence-electron chi connectivity index (χ4n) is 0.671. The highest BCUT2D eigenvalue weighted by Gasteiger charge is 1.94. The van der Waals surface area contributed by atoms with Crippen LogP contribution in [0.3, 0.4) is 0 Å². The maximum absolute atomic E-state index is 3.33. The average molecular weight is 149 g/mol. The minimum atomic E-state index is 0. The van der Waals surface area contributed by atoms with Crippen molar-refractivity contribution in [3.8, 4) is 0 Å². The van der Waals surface area contributed by atoms with E-state index < -0.39 is 0 Å². The van der Waals surface area contributed by atoms with E-state index in [0.717, 1.165) is 0 Å². The van der Waals surface area contributed by atoms with Crippen molar-refractivity contribution in [2.75, 3.05) is 24.6 Å². The van der Waals surface area contributed by atoms with Crippen LogP contribution in [0.2, 0.25) is 0 Å². The fourth-order valence-corrected chi connectivity index (χ4v) is 1.51. The van der Waals surface area contributed by atoms with Crippen LogP contribution in [0.5, 0.6) is 0 Å². The second-order valence-electron chi connectivity index (χ2n) is 1.72. The largest absolute Gasteiger partial charge is 0.316 e. The molecule has 1 nitrogen and oxygen atoms in total. The number of nitrogens with one attached hydrogen (secondary N) is 1. The SMILES string of the molecule is C1CNCCSC1.CC.[HH]. The third-order valence-electron chi connectivity index (χ3n) is 1.07. The Hall–Kier alpha value is 0.310. The highest BCUT2D eigenvalue weighted by Crippen LogP contribution is 2.02. The lowest BCUT2D eigenvalue weighted by Crippen LogP contribution is -2.15. The molecule has 0 aromatic rings. The number of hydrogen-bond acceptors (Lipinski definition) is 2. The van der Waals surface area contributed by atoms with Gasteiger partial charge in [-0.2, -0.15) is 11.8 Å². The molecule has 1 aliphatic heterocycles. The van der Waals surface area contributed by atoms with E-state index in [1.54, 1.807) is 0 Å². The number of rotatable bonds is 0. The first-order valence-corrected chi connectivity index (χ1v) is 4.94. The molecule has 1 heterocycles. The van der Waals surface area contributed by atoms with Gasteiger partial charge in [-0.05, 0) is 18.7 Å². The normalized spacial score (nSPS) is 19.3. The summed E-state index contributed by atoms with van der Waals surface area (Å²) in [7, 11) is 0. The molecule has 0 amide bonds. The summed E-state index contributed by atoms with van der Waals surface area (Å²) < 4.78 is 0. The van der Waals surface area contributed by atoms with Gasteiger partial charge in [0.05, 0.1) is 0 Å². The van der Waals surface area contributed by atoms with Crippen molar-refractivity contribution in [3.63, 3.8) is 0 Å². The lowest BCUT2D eigenvalue weighted by atomic mass is 10.5. The Labute approximate surface area is 64.1 Å². The molecule has 1 rings (SSSR count). The monoisotopic (exact) mass is 149 g/mol. The van der Waals surface area contributed by atoms with E-state index >= 15 is 0 Å². The van der Waals surface area contributed by atoms with Crippen LogP contribution in [0.25, 0.3) is 0 Å². The van der Waals surface area contributed by atoms with E-state index in [4.69, 9.17) is 0 Å². The third-order valence-corrected chi connectivity index (χ3v) is 2.14. The van der Waals surface area contributed by atoms with Gasteiger partial charge in [0.15, 0.2) is 0 Å². The van der Waals surface area contributed by atoms with E-state index in [2.05, 4.69) is 17.1 Å². The molecule has 1 N–H and O–H groups in total. The summed E-state index contributed by atoms with van der Waals surface area (Å²) in [6.45, 7) is 6.44. The van der Waals surface area contributed by atoms with Crippen molar-refractivity contribution in [2.24, 2.45) is 0 Å². The van der Waals surface area contributed by atoms with Crippen molar-refractivity contribution in [1.29, 1.82) is 0 Å². The standard InChI is InChI=1S/C5H11NS.C2H6.H2/c1-2-6-3-5-7-4-1;1-2;/h6H,1-5H2;1-2H3;1H. The lowest BCUT2D eigenvalue weighted by molar-refractivity contribution is 0.724. The van der Waals surface area contributed by atoms with Crippen LogP contribution < -0.4 is 5.32 Å². The predicted octanol–water partition coefficient (Wildman–Crippen LogP) is 1.99. The van der Waals surface area contributed by atoms with E-state index in [0.29, 0.717) is 0 Å². The maximum Gasteiger partial charge on any atom is 0.00581 e. The van der Waals surface area contributed by atoms with Crippen LogP contribution in [0.15, 0.2) is 0 Å². The van der Waals surface area contributed by atoms with Crippen molar-refractivity contribution in [3.05, 3.63) is 0 Å². The van der Waals surface area contributed by atoms with Gasteiger partial charge in [-0.25, -0.2) is 0 Å². The first-order chi connectivity index (χ1) is 4.50. The van der Waals surface area contributed by atoms with Gasteiger partial charge < -0.3 is 5.32 Å². The number of hydrogen-bond donors (Lipinski definition) is 1. The summed E-state index contributed by atoms with van der Waals surface area (Å²) in [5.41, 5.74) is 0. The molecule has 0 atom stereocenters. The van der Waals surface area contributed by atoms with Gasteiger partial charge in [-0.3, -0.25) is 0 Å². The molecule has 2 heteroatoms. The van der Waals surface area contributed by atoms with Gasteiger partial charge in [0.25, 0.3) is 0 Å². The molecule has 0 aliphatic carbocycles. The Bertz CT molecular complexity index is 33.2. The van der Waals surface area contributed by atoms with E-state index in [9.17, 15) is 0 Å². The smallest absolute Gasteiger partial charge is 0.00581 e. The van der Waals surface area contributed by atoms with Gasteiger partial charge >= 0.3 is 0 Å². The zero-order valence-electron chi connectivity index (χ0n) is 6.44. The summed E-state index contributed by atoms with van der Waals surface area (Å²) in [4.78, 5) is 0. The number of thioether (sulfide) groups is 1.